The van der Waals surface area contributed by atoms with Crippen molar-refractivity contribution in [2.45, 2.75) is 12.7 Å². The van der Waals surface area contributed by atoms with E-state index in [2.05, 4.69) is 10.0 Å². The summed E-state index contributed by atoms with van der Waals surface area (Å²) in [4.78, 5) is 2.38. The molecular formula is C8H7BClF3KN3O2S. The van der Waals surface area contributed by atoms with E-state index in [0.29, 0.717) is 6.07 Å². The van der Waals surface area contributed by atoms with Crippen molar-refractivity contribution in [1.29, 1.82) is 0 Å². The Bertz CT molecular complexity index is 662. The Morgan fingerprint density at radius 3 is 2.35 bits per heavy atom. The first-order valence-electron chi connectivity index (χ1n) is 4.85. The molecule has 0 unspecified atom stereocenters. The van der Waals surface area contributed by atoms with Gasteiger partial charge in [0.05, 0.1) is 5.75 Å². The third-order valence-electron chi connectivity index (χ3n) is 2.38. The molecular weight excluding hydrogens is 345 g/mol. The van der Waals surface area contributed by atoms with Gasteiger partial charge in [0.15, 0.2) is 0 Å². The Kier molecular flexibility index (Phi) is 7.60. The minimum atomic E-state index is -5.35. The number of benzene rings is 1. The molecule has 0 aliphatic carbocycles. The monoisotopic (exact) mass is 351 g/mol. The van der Waals surface area contributed by atoms with Crippen molar-refractivity contribution in [3.8, 4) is 0 Å². The number of hydrogen-bond donors (Lipinski definition) is 0. The molecule has 0 saturated carbocycles. The molecule has 0 spiro atoms. The zero-order valence-corrected chi connectivity index (χ0v) is 15.2. The van der Waals surface area contributed by atoms with E-state index >= 15 is 0 Å². The molecule has 0 bridgehead atoms. The van der Waals surface area contributed by atoms with E-state index in [0.717, 1.165) is 13.0 Å². The van der Waals surface area contributed by atoms with Crippen LogP contribution in [0.4, 0.5) is 18.6 Å². The van der Waals surface area contributed by atoms with Crippen LogP contribution in [0.2, 0.25) is 0 Å². The second-order valence-electron chi connectivity index (χ2n) is 3.77. The van der Waals surface area contributed by atoms with Gasteiger partial charge in [-0.2, -0.15) is 0 Å². The van der Waals surface area contributed by atoms with Gasteiger partial charge in [-0.15, -0.1) is 5.46 Å². The zero-order valence-electron chi connectivity index (χ0n) is 10.5. The predicted octanol–water partition coefficient (Wildman–Crippen LogP) is 0.0638. The van der Waals surface area contributed by atoms with Crippen molar-refractivity contribution in [2.24, 2.45) is 5.11 Å². The van der Waals surface area contributed by atoms with Crippen LogP contribution >= 0.6 is 10.7 Å². The van der Waals surface area contributed by atoms with E-state index in [4.69, 9.17) is 16.2 Å². The van der Waals surface area contributed by atoms with Crippen molar-refractivity contribution in [1.82, 2.24) is 0 Å². The Morgan fingerprint density at radius 1 is 1.40 bits per heavy atom. The van der Waals surface area contributed by atoms with Gasteiger partial charge in [0.25, 0.3) is 0 Å². The van der Waals surface area contributed by atoms with Crippen LogP contribution in [0.1, 0.15) is 11.1 Å². The molecule has 0 aliphatic rings. The van der Waals surface area contributed by atoms with Crippen LogP contribution in [0.25, 0.3) is 10.4 Å². The first kappa shape index (κ1) is 20.3. The fraction of sp³-hybridized carbons (Fsp3) is 0.250. The predicted molar refractivity (Wildman–Crippen MR) is 67.2 cm³/mol. The van der Waals surface area contributed by atoms with Gasteiger partial charge in [-0.05, 0) is 24.1 Å². The third kappa shape index (κ3) is 5.94. The number of halogens is 4. The number of nitrogens with zero attached hydrogens (tertiary/aromatic N) is 3. The van der Waals surface area contributed by atoms with E-state index in [1.165, 1.54) is 0 Å². The fourth-order valence-electron chi connectivity index (χ4n) is 1.57. The van der Waals surface area contributed by atoms with Gasteiger partial charge in [0, 0.05) is 21.3 Å². The second-order valence-corrected chi connectivity index (χ2v) is 6.54. The van der Waals surface area contributed by atoms with Gasteiger partial charge in [0.2, 0.25) is 9.05 Å². The number of azide groups is 1. The molecule has 0 N–H and O–H groups in total. The van der Waals surface area contributed by atoms with E-state index in [1.54, 1.807) is 0 Å². The summed E-state index contributed by atoms with van der Waals surface area (Å²) in [5, 5.41) is 3.07. The van der Waals surface area contributed by atoms with Crippen LogP contribution < -0.4 is 56.8 Å². The minimum absolute atomic E-state index is 0. The van der Waals surface area contributed by atoms with Gasteiger partial charge in [-0.1, -0.05) is 16.7 Å². The Balaban J connectivity index is 0.00000361. The van der Waals surface area contributed by atoms with Crippen molar-refractivity contribution >= 4 is 37.9 Å². The van der Waals surface area contributed by atoms with Gasteiger partial charge < -0.3 is 12.9 Å². The topological polar surface area (TPSA) is 82.9 Å². The van der Waals surface area contributed by atoms with Gasteiger partial charge in [-0.3, -0.25) is 0 Å². The van der Waals surface area contributed by atoms with Crippen LogP contribution in [0.3, 0.4) is 0 Å². The largest absolute Gasteiger partial charge is 1.00 e. The summed E-state index contributed by atoms with van der Waals surface area (Å²) in [6.07, 6.45) is 0. The molecule has 0 aliphatic heterocycles. The Labute approximate surface area is 160 Å². The molecule has 20 heavy (non-hydrogen) atoms. The summed E-state index contributed by atoms with van der Waals surface area (Å²) in [5.74, 6) is -0.770. The summed E-state index contributed by atoms with van der Waals surface area (Å²) in [6.45, 7) is -4.21. The van der Waals surface area contributed by atoms with E-state index < -0.39 is 27.2 Å². The second kappa shape index (κ2) is 7.50. The quantitative estimate of drug-likeness (QED) is 0.253. The van der Waals surface area contributed by atoms with Crippen LogP contribution in [0.5, 0.6) is 0 Å². The molecule has 0 atom stereocenters. The van der Waals surface area contributed by atoms with Crippen molar-refractivity contribution in [3.63, 3.8) is 0 Å². The van der Waals surface area contributed by atoms with Gasteiger partial charge in [0.1, 0.15) is 0 Å². The number of rotatable bonds is 4. The molecule has 0 fully saturated rings. The van der Waals surface area contributed by atoms with E-state index in [9.17, 15) is 21.4 Å². The number of hydrogen-bond acceptors (Lipinski definition) is 3. The summed E-state index contributed by atoms with van der Waals surface area (Å²) < 4.78 is 60.4. The molecule has 0 heterocycles. The average Bonchev–Trinajstić information content (AvgIpc) is 2.19. The van der Waals surface area contributed by atoms with Crippen molar-refractivity contribution < 1.29 is 72.7 Å². The standard InChI is InChI=1S/C8H7BClF3N3O2S.K/c1-5-6(4-19(10,17)18)2-7(15-16-14)3-8(5)9(11,12)13;/h2-3H,4H2,1H3;/q-1;+1. The molecule has 1 rings (SSSR count). The minimum Gasteiger partial charge on any atom is -0.445 e. The maximum atomic E-state index is 12.8. The van der Waals surface area contributed by atoms with Crippen molar-refractivity contribution in [3.05, 3.63) is 33.7 Å². The molecule has 0 aromatic heterocycles. The Hall–Kier alpha value is 0.261. The molecule has 0 radical (unpaired) electrons. The SMILES string of the molecule is Cc1c(CS(=O)(=O)Cl)cc(N=[N+]=[N-])cc1[B-](F)(F)F.[K+]. The molecule has 104 valence electrons. The maximum absolute atomic E-state index is 12.8. The first-order chi connectivity index (χ1) is 8.54. The molecule has 5 nitrogen and oxygen atoms in total. The molecule has 12 heteroatoms. The summed E-state index contributed by atoms with van der Waals surface area (Å²) in [6, 6.07) is 1.75. The Morgan fingerprint density at radius 2 is 1.95 bits per heavy atom. The van der Waals surface area contributed by atoms with Crippen LogP contribution in [0, 0.1) is 6.92 Å². The molecule has 1 aromatic carbocycles. The van der Waals surface area contributed by atoms with Crippen LogP contribution in [-0.2, 0) is 14.8 Å². The maximum Gasteiger partial charge on any atom is 1.00 e. The average molecular weight is 352 g/mol. The summed E-state index contributed by atoms with van der Waals surface area (Å²) in [5.41, 5.74) is 6.55. The van der Waals surface area contributed by atoms with Crippen LogP contribution in [-0.4, -0.2) is 15.4 Å². The van der Waals surface area contributed by atoms with E-state index in [-0.39, 0.29) is 68.2 Å². The van der Waals surface area contributed by atoms with E-state index in [1.807, 2.05) is 0 Å². The summed E-state index contributed by atoms with van der Waals surface area (Å²) >= 11 is 0. The zero-order chi connectivity index (χ0) is 14.8. The van der Waals surface area contributed by atoms with Crippen molar-refractivity contribution in [2.75, 3.05) is 0 Å². The first-order valence-corrected chi connectivity index (χ1v) is 7.33. The summed E-state index contributed by atoms with van der Waals surface area (Å²) in [7, 11) is 1.01. The molecule has 1 aromatic rings. The fourth-order valence-corrected chi connectivity index (χ4v) is 2.59. The molecule has 0 amide bonds. The smallest absolute Gasteiger partial charge is 0.445 e. The normalized spacial score (nSPS) is 11.4. The third-order valence-corrected chi connectivity index (χ3v) is 3.36. The van der Waals surface area contributed by atoms with Crippen LogP contribution in [0.15, 0.2) is 17.2 Å². The van der Waals surface area contributed by atoms with Gasteiger partial charge >= 0.3 is 58.4 Å². The molecule has 0 saturated heterocycles. The van der Waals surface area contributed by atoms with Gasteiger partial charge in [-0.25, -0.2) is 8.42 Å².